The summed E-state index contributed by atoms with van der Waals surface area (Å²) in [6.45, 7) is 10.4. The third kappa shape index (κ3) is 4.66. The Morgan fingerprint density at radius 1 is 1.18 bits per heavy atom. The number of nitrogens with zero attached hydrogens (tertiary/aromatic N) is 3. The Balaban J connectivity index is 1.70. The summed E-state index contributed by atoms with van der Waals surface area (Å²) in [5, 5.41) is 7.48. The van der Waals surface area contributed by atoms with Crippen molar-refractivity contribution in [1.82, 2.24) is 14.8 Å². The molecule has 0 fully saturated rings. The molecule has 2 aromatic carbocycles. The van der Waals surface area contributed by atoms with E-state index in [4.69, 9.17) is 14.2 Å². The van der Waals surface area contributed by atoms with Crippen LogP contribution in [0.1, 0.15) is 36.6 Å². The molecule has 0 saturated carbocycles. The highest BCUT2D eigenvalue weighted by molar-refractivity contribution is 5.92. The maximum Gasteiger partial charge on any atom is 0.338 e. The molecule has 0 aliphatic carbocycles. The van der Waals surface area contributed by atoms with E-state index in [0.29, 0.717) is 41.9 Å². The maximum absolute atomic E-state index is 13.0. The van der Waals surface area contributed by atoms with Gasteiger partial charge in [-0.15, -0.1) is 0 Å². The highest BCUT2D eigenvalue weighted by Gasteiger charge is 2.34. The molecule has 8 heteroatoms. The SMILES string of the molecule is C=CCOC(=O)C1=C(C)Nc2ncnn2C1c1ccc(OCc2ccccc2C)c(OCC)c1. The van der Waals surface area contributed by atoms with Gasteiger partial charge in [-0.1, -0.05) is 43.0 Å². The van der Waals surface area contributed by atoms with Gasteiger partial charge in [0, 0.05) is 5.70 Å². The van der Waals surface area contributed by atoms with Crippen molar-refractivity contribution >= 4 is 11.9 Å². The first kappa shape index (κ1) is 23.1. The summed E-state index contributed by atoms with van der Waals surface area (Å²) < 4.78 is 19.1. The molecule has 176 valence electrons. The summed E-state index contributed by atoms with van der Waals surface area (Å²) in [6, 6.07) is 13.2. The lowest BCUT2D eigenvalue weighted by Crippen LogP contribution is -2.29. The number of rotatable bonds is 9. The zero-order chi connectivity index (χ0) is 24.1. The van der Waals surface area contributed by atoms with Crippen LogP contribution in [0.25, 0.3) is 0 Å². The Bertz CT molecular complexity index is 1230. The summed E-state index contributed by atoms with van der Waals surface area (Å²) in [7, 11) is 0. The number of hydrogen-bond acceptors (Lipinski definition) is 7. The zero-order valence-electron chi connectivity index (χ0n) is 19.6. The van der Waals surface area contributed by atoms with Gasteiger partial charge in [-0.2, -0.15) is 10.1 Å². The molecule has 4 rings (SSSR count). The molecular formula is C26H28N4O4. The Morgan fingerprint density at radius 2 is 2.00 bits per heavy atom. The van der Waals surface area contributed by atoms with Crippen molar-refractivity contribution in [3.05, 3.63) is 89.4 Å². The topological polar surface area (TPSA) is 87.5 Å². The summed E-state index contributed by atoms with van der Waals surface area (Å²) in [5.74, 6) is 1.30. The largest absolute Gasteiger partial charge is 0.490 e. The molecule has 1 atom stereocenters. The molecule has 1 aromatic heterocycles. The molecular weight excluding hydrogens is 432 g/mol. The standard InChI is InChI=1S/C26H28N4O4/c1-5-13-33-25(31)23-18(4)29-26-27-16-28-30(26)24(23)19-11-12-21(22(14-19)32-6-2)34-15-20-10-8-7-9-17(20)3/h5,7-12,14,16,24H,1,6,13,15H2,2-4H3,(H,27,28,29). The predicted octanol–water partition coefficient (Wildman–Crippen LogP) is 4.58. The van der Waals surface area contributed by atoms with Crippen LogP contribution in [-0.4, -0.2) is 33.9 Å². The van der Waals surface area contributed by atoms with Crippen molar-refractivity contribution in [2.75, 3.05) is 18.5 Å². The van der Waals surface area contributed by atoms with Crippen molar-refractivity contribution < 1.29 is 19.0 Å². The summed E-state index contributed by atoms with van der Waals surface area (Å²) in [6.07, 6.45) is 2.98. The number of aromatic nitrogens is 3. The fraction of sp³-hybridized carbons (Fsp3) is 0.269. The van der Waals surface area contributed by atoms with Gasteiger partial charge in [0.05, 0.1) is 12.2 Å². The van der Waals surface area contributed by atoms with E-state index in [-0.39, 0.29) is 6.61 Å². The van der Waals surface area contributed by atoms with E-state index in [0.717, 1.165) is 16.7 Å². The zero-order valence-corrected chi connectivity index (χ0v) is 19.6. The Kier molecular flexibility index (Phi) is 6.96. The molecule has 1 unspecified atom stereocenters. The molecule has 3 aromatic rings. The van der Waals surface area contributed by atoms with Crippen molar-refractivity contribution in [3.63, 3.8) is 0 Å². The molecule has 0 bridgehead atoms. The highest BCUT2D eigenvalue weighted by atomic mass is 16.5. The third-order valence-corrected chi connectivity index (χ3v) is 5.57. The Hall–Kier alpha value is -4.07. The average molecular weight is 461 g/mol. The van der Waals surface area contributed by atoms with Crippen LogP contribution in [-0.2, 0) is 16.1 Å². The second-order valence-corrected chi connectivity index (χ2v) is 7.84. The first-order valence-electron chi connectivity index (χ1n) is 11.1. The maximum atomic E-state index is 13.0. The van der Waals surface area contributed by atoms with Crippen LogP contribution < -0.4 is 14.8 Å². The smallest absolute Gasteiger partial charge is 0.338 e. The first-order valence-corrected chi connectivity index (χ1v) is 11.1. The number of hydrogen-bond donors (Lipinski definition) is 1. The lowest BCUT2D eigenvalue weighted by molar-refractivity contribution is -0.138. The summed E-state index contributed by atoms with van der Waals surface area (Å²) in [4.78, 5) is 17.2. The van der Waals surface area contributed by atoms with Crippen molar-refractivity contribution in [2.24, 2.45) is 0 Å². The normalized spacial score (nSPS) is 14.7. The summed E-state index contributed by atoms with van der Waals surface area (Å²) in [5.41, 5.74) is 4.15. The van der Waals surface area contributed by atoms with Gasteiger partial charge >= 0.3 is 5.97 Å². The van der Waals surface area contributed by atoms with Crippen LogP contribution in [0.2, 0.25) is 0 Å². The molecule has 1 aliphatic heterocycles. The lowest BCUT2D eigenvalue weighted by Gasteiger charge is -2.28. The number of carbonyl (C=O) groups is 1. The van der Waals surface area contributed by atoms with Crippen molar-refractivity contribution in [1.29, 1.82) is 0 Å². The van der Waals surface area contributed by atoms with Crippen LogP contribution in [0.15, 0.2) is 72.7 Å². The minimum absolute atomic E-state index is 0.114. The van der Waals surface area contributed by atoms with E-state index in [1.54, 1.807) is 4.68 Å². The second kappa shape index (κ2) is 10.2. The van der Waals surface area contributed by atoms with Crippen LogP contribution in [0.4, 0.5) is 5.95 Å². The molecule has 0 spiro atoms. The van der Waals surface area contributed by atoms with E-state index in [9.17, 15) is 4.79 Å². The monoisotopic (exact) mass is 460 g/mol. The van der Waals surface area contributed by atoms with Gasteiger partial charge in [-0.25, -0.2) is 9.48 Å². The van der Waals surface area contributed by atoms with Gasteiger partial charge in [-0.05, 0) is 49.6 Å². The predicted molar refractivity (Wildman–Crippen MR) is 129 cm³/mol. The van der Waals surface area contributed by atoms with Crippen LogP contribution >= 0.6 is 0 Å². The number of anilines is 1. The number of esters is 1. The van der Waals surface area contributed by atoms with Gasteiger partial charge in [0.15, 0.2) is 11.5 Å². The molecule has 1 N–H and O–H groups in total. The number of benzene rings is 2. The van der Waals surface area contributed by atoms with Gasteiger partial charge in [0.25, 0.3) is 0 Å². The molecule has 0 radical (unpaired) electrons. The number of carbonyl (C=O) groups excluding carboxylic acids is 1. The molecule has 0 saturated heterocycles. The fourth-order valence-corrected chi connectivity index (χ4v) is 3.89. The minimum Gasteiger partial charge on any atom is -0.490 e. The number of allylic oxidation sites excluding steroid dienone is 1. The molecule has 1 aliphatic rings. The van der Waals surface area contributed by atoms with Gasteiger partial charge in [-0.3, -0.25) is 0 Å². The third-order valence-electron chi connectivity index (χ3n) is 5.57. The first-order chi connectivity index (χ1) is 16.5. The van der Waals surface area contributed by atoms with Crippen LogP contribution in [0.5, 0.6) is 11.5 Å². The van der Waals surface area contributed by atoms with Crippen molar-refractivity contribution in [3.8, 4) is 11.5 Å². The Morgan fingerprint density at radius 3 is 2.76 bits per heavy atom. The average Bonchev–Trinajstić information content (AvgIpc) is 3.30. The Labute approximate surface area is 198 Å². The quantitative estimate of drug-likeness (QED) is 0.369. The van der Waals surface area contributed by atoms with Crippen LogP contribution in [0.3, 0.4) is 0 Å². The molecule has 2 heterocycles. The van der Waals surface area contributed by atoms with E-state index >= 15 is 0 Å². The van der Waals surface area contributed by atoms with E-state index in [1.807, 2.05) is 50.2 Å². The molecule has 8 nitrogen and oxygen atoms in total. The highest BCUT2D eigenvalue weighted by Crippen LogP contribution is 2.39. The van der Waals surface area contributed by atoms with Gasteiger partial charge in [0.1, 0.15) is 25.6 Å². The number of ether oxygens (including phenoxy) is 3. The summed E-state index contributed by atoms with van der Waals surface area (Å²) >= 11 is 0. The molecule has 0 amide bonds. The van der Waals surface area contributed by atoms with E-state index in [1.165, 1.54) is 12.4 Å². The fourth-order valence-electron chi connectivity index (χ4n) is 3.89. The molecule has 34 heavy (non-hydrogen) atoms. The van der Waals surface area contributed by atoms with E-state index in [2.05, 4.69) is 35.0 Å². The minimum atomic E-state index is -0.541. The second-order valence-electron chi connectivity index (χ2n) is 7.84. The van der Waals surface area contributed by atoms with Crippen molar-refractivity contribution in [2.45, 2.75) is 33.4 Å². The number of fused-ring (bicyclic) bond motifs is 1. The lowest BCUT2D eigenvalue weighted by atomic mass is 9.95. The van der Waals surface area contributed by atoms with E-state index < -0.39 is 12.0 Å². The number of nitrogens with one attached hydrogen (secondary N) is 1. The van der Waals surface area contributed by atoms with Gasteiger partial charge in [0.2, 0.25) is 5.95 Å². The van der Waals surface area contributed by atoms with Crippen LogP contribution in [0, 0.1) is 6.92 Å². The van der Waals surface area contributed by atoms with Gasteiger partial charge < -0.3 is 19.5 Å². The number of aryl methyl sites for hydroxylation is 1.